The molecule has 0 unspecified atom stereocenters. The summed E-state index contributed by atoms with van der Waals surface area (Å²) in [6.07, 6.45) is 6.46. The lowest BCUT2D eigenvalue weighted by Gasteiger charge is -2.22. The molecule has 0 aromatic rings. The van der Waals surface area contributed by atoms with Gasteiger partial charge in [-0.15, -0.1) is 0 Å². The van der Waals surface area contributed by atoms with Crippen molar-refractivity contribution in [1.29, 1.82) is 0 Å². The molecule has 0 spiro atoms. The third-order valence-electron chi connectivity index (χ3n) is 2.47. The van der Waals surface area contributed by atoms with Crippen LogP contribution in [0.2, 0.25) is 0 Å². The van der Waals surface area contributed by atoms with E-state index in [9.17, 15) is 5.11 Å². The van der Waals surface area contributed by atoms with Gasteiger partial charge in [-0.25, -0.2) is 0 Å². The number of thioether (sulfide) groups is 1. The maximum atomic E-state index is 9.92. The topological polar surface area (TPSA) is 32.3 Å². The maximum Gasteiger partial charge on any atom is 0.0771 e. The monoisotopic (exact) mass is 189 g/mol. The van der Waals surface area contributed by atoms with Crippen molar-refractivity contribution >= 4 is 11.8 Å². The Hall–Kier alpha value is 0.270. The summed E-state index contributed by atoms with van der Waals surface area (Å²) in [7, 11) is 0. The lowest BCUT2D eigenvalue weighted by Crippen LogP contribution is -2.38. The van der Waals surface area contributed by atoms with Crippen LogP contribution in [0.1, 0.15) is 25.7 Å². The van der Waals surface area contributed by atoms with E-state index in [2.05, 4.69) is 11.6 Å². The normalized spacial score (nSPS) is 21.5. The van der Waals surface area contributed by atoms with Crippen LogP contribution in [-0.2, 0) is 0 Å². The predicted molar refractivity (Wildman–Crippen MR) is 54.7 cm³/mol. The van der Waals surface area contributed by atoms with Crippen LogP contribution in [-0.4, -0.2) is 35.8 Å². The van der Waals surface area contributed by atoms with Gasteiger partial charge in [0.25, 0.3) is 0 Å². The molecule has 1 rings (SSSR count). The van der Waals surface area contributed by atoms with Crippen LogP contribution < -0.4 is 5.32 Å². The summed E-state index contributed by atoms with van der Waals surface area (Å²) in [5.74, 6) is 1.14. The molecular formula is C9H19NOS. The highest BCUT2D eigenvalue weighted by Gasteiger charge is 2.30. The molecule has 0 aromatic carbocycles. The molecule has 0 aromatic heterocycles. The molecule has 0 atom stereocenters. The van der Waals surface area contributed by atoms with Gasteiger partial charge in [-0.1, -0.05) is 12.8 Å². The largest absolute Gasteiger partial charge is 0.389 e. The van der Waals surface area contributed by atoms with E-state index in [1.807, 2.05) is 11.8 Å². The van der Waals surface area contributed by atoms with Crippen LogP contribution in [0.3, 0.4) is 0 Å². The summed E-state index contributed by atoms with van der Waals surface area (Å²) in [5.41, 5.74) is -0.377. The first-order valence-corrected chi connectivity index (χ1v) is 6.08. The Kier molecular flexibility index (Phi) is 4.40. The van der Waals surface area contributed by atoms with Gasteiger partial charge < -0.3 is 10.4 Å². The van der Waals surface area contributed by atoms with Crippen molar-refractivity contribution < 1.29 is 5.11 Å². The van der Waals surface area contributed by atoms with Gasteiger partial charge in [-0.05, 0) is 19.1 Å². The highest BCUT2D eigenvalue weighted by atomic mass is 32.2. The number of rotatable bonds is 5. The molecule has 2 nitrogen and oxygen atoms in total. The molecule has 0 heterocycles. The average molecular weight is 189 g/mol. The van der Waals surface area contributed by atoms with Crippen LogP contribution >= 0.6 is 11.8 Å². The Bertz CT molecular complexity index is 124. The van der Waals surface area contributed by atoms with E-state index in [4.69, 9.17) is 0 Å². The average Bonchev–Trinajstić information content (AvgIpc) is 2.47. The van der Waals surface area contributed by atoms with Crippen LogP contribution in [0.15, 0.2) is 0 Å². The van der Waals surface area contributed by atoms with Crippen molar-refractivity contribution in [3.63, 3.8) is 0 Å². The Labute approximate surface area is 79.1 Å². The van der Waals surface area contributed by atoms with Crippen LogP contribution in [0.25, 0.3) is 0 Å². The van der Waals surface area contributed by atoms with Gasteiger partial charge in [-0.3, -0.25) is 0 Å². The zero-order valence-electron chi connectivity index (χ0n) is 7.81. The number of aliphatic hydroxyl groups is 1. The molecule has 0 radical (unpaired) electrons. The van der Waals surface area contributed by atoms with Crippen molar-refractivity contribution in [2.45, 2.75) is 31.3 Å². The molecule has 0 amide bonds. The van der Waals surface area contributed by atoms with Crippen LogP contribution in [0.5, 0.6) is 0 Å². The lowest BCUT2D eigenvalue weighted by atomic mass is 10.0. The van der Waals surface area contributed by atoms with E-state index >= 15 is 0 Å². The SMILES string of the molecule is CSCCNCC1(O)CCCC1. The van der Waals surface area contributed by atoms with Gasteiger partial charge in [0.2, 0.25) is 0 Å². The minimum atomic E-state index is -0.377. The minimum absolute atomic E-state index is 0.377. The number of hydrogen-bond acceptors (Lipinski definition) is 3. The fourth-order valence-corrected chi connectivity index (χ4v) is 2.05. The summed E-state index contributed by atoms with van der Waals surface area (Å²) in [4.78, 5) is 0. The molecule has 1 saturated carbocycles. The van der Waals surface area contributed by atoms with Crippen LogP contribution in [0, 0.1) is 0 Å². The highest BCUT2D eigenvalue weighted by Crippen LogP contribution is 2.28. The van der Waals surface area contributed by atoms with Gasteiger partial charge in [0.1, 0.15) is 0 Å². The molecule has 1 aliphatic carbocycles. The molecule has 12 heavy (non-hydrogen) atoms. The molecule has 72 valence electrons. The fraction of sp³-hybridized carbons (Fsp3) is 1.00. The molecule has 1 aliphatic rings. The Balaban J connectivity index is 2.05. The summed E-state index contributed by atoms with van der Waals surface area (Å²) < 4.78 is 0. The van der Waals surface area contributed by atoms with Gasteiger partial charge in [0.05, 0.1) is 5.60 Å². The minimum Gasteiger partial charge on any atom is -0.389 e. The standard InChI is InChI=1S/C9H19NOS/c1-12-7-6-10-8-9(11)4-2-3-5-9/h10-11H,2-8H2,1H3. The van der Waals surface area contributed by atoms with E-state index in [1.54, 1.807) is 0 Å². The molecule has 1 fully saturated rings. The summed E-state index contributed by atoms with van der Waals surface area (Å²) in [6, 6.07) is 0. The first kappa shape index (κ1) is 10.4. The second-order valence-corrected chi connectivity index (χ2v) is 4.59. The van der Waals surface area contributed by atoms with Gasteiger partial charge >= 0.3 is 0 Å². The van der Waals surface area contributed by atoms with Crippen molar-refractivity contribution in [3.05, 3.63) is 0 Å². The Morgan fingerprint density at radius 3 is 2.67 bits per heavy atom. The van der Waals surface area contributed by atoms with E-state index in [1.165, 1.54) is 12.8 Å². The third kappa shape index (κ3) is 3.33. The quantitative estimate of drug-likeness (QED) is 0.638. The first-order chi connectivity index (χ1) is 5.77. The number of nitrogens with one attached hydrogen (secondary N) is 1. The maximum absolute atomic E-state index is 9.92. The van der Waals surface area contributed by atoms with Crippen molar-refractivity contribution in [2.75, 3.05) is 25.1 Å². The molecule has 0 bridgehead atoms. The second-order valence-electron chi connectivity index (χ2n) is 3.60. The molecule has 3 heteroatoms. The van der Waals surface area contributed by atoms with Crippen molar-refractivity contribution in [1.82, 2.24) is 5.32 Å². The van der Waals surface area contributed by atoms with Gasteiger partial charge in [0.15, 0.2) is 0 Å². The van der Waals surface area contributed by atoms with E-state index in [0.717, 1.165) is 31.7 Å². The zero-order chi connectivity index (χ0) is 8.86. The van der Waals surface area contributed by atoms with E-state index in [0.29, 0.717) is 0 Å². The Morgan fingerprint density at radius 1 is 1.42 bits per heavy atom. The summed E-state index contributed by atoms with van der Waals surface area (Å²) in [6.45, 7) is 1.80. The highest BCUT2D eigenvalue weighted by molar-refractivity contribution is 7.98. The van der Waals surface area contributed by atoms with Gasteiger partial charge in [-0.2, -0.15) is 11.8 Å². The molecule has 0 saturated heterocycles. The van der Waals surface area contributed by atoms with Crippen molar-refractivity contribution in [3.8, 4) is 0 Å². The fourth-order valence-electron chi connectivity index (χ4n) is 1.71. The first-order valence-electron chi connectivity index (χ1n) is 4.69. The van der Waals surface area contributed by atoms with Gasteiger partial charge in [0, 0.05) is 18.8 Å². The number of hydrogen-bond donors (Lipinski definition) is 2. The zero-order valence-corrected chi connectivity index (χ0v) is 8.62. The smallest absolute Gasteiger partial charge is 0.0771 e. The van der Waals surface area contributed by atoms with E-state index < -0.39 is 0 Å². The molecule has 2 N–H and O–H groups in total. The molecule has 0 aliphatic heterocycles. The predicted octanol–water partition coefficient (Wildman–Crippen LogP) is 1.24. The summed E-state index contributed by atoms with van der Waals surface area (Å²) >= 11 is 1.84. The molecular weight excluding hydrogens is 170 g/mol. The second kappa shape index (κ2) is 5.10. The summed E-state index contributed by atoms with van der Waals surface area (Å²) in [5, 5.41) is 13.2. The van der Waals surface area contributed by atoms with Crippen molar-refractivity contribution in [2.24, 2.45) is 0 Å². The Morgan fingerprint density at radius 2 is 2.08 bits per heavy atom. The third-order valence-corrected chi connectivity index (χ3v) is 3.08. The lowest BCUT2D eigenvalue weighted by molar-refractivity contribution is 0.0484. The van der Waals surface area contributed by atoms with E-state index in [-0.39, 0.29) is 5.60 Å². The van der Waals surface area contributed by atoms with Crippen LogP contribution in [0.4, 0.5) is 0 Å².